The average Bonchev–Trinajstić information content (AvgIpc) is 3.03. The first-order chi connectivity index (χ1) is 9.65. The van der Waals surface area contributed by atoms with Crippen molar-refractivity contribution in [1.29, 1.82) is 0 Å². The van der Waals surface area contributed by atoms with Crippen molar-refractivity contribution in [2.75, 3.05) is 0 Å². The van der Waals surface area contributed by atoms with Gasteiger partial charge in [0, 0.05) is 9.75 Å². The monoisotopic (exact) mass is 528 g/mol. The van der Waals surface area contributed by atoms with Crippen molar-refractivity contribution in [3.8, 4) is 0 Å². The molecule has 0 amide bonds. The van der Waals surface area contributed by atoms with Crippen molar-refractivity contribution in [3.05, 3.63) is 39.8 Å². The molecule has 4 heteroatoms. The second-order valence-corrected chi connectivity index (χ2v) is 10.6. The fraction of sp³-hybridized carbons (Fsp3) is 0.375. The zero-order valence-electron chi connectivity index (χ0n) is 11.7. The van der Waals surface area contributed by atoms with Gasteiger partial charge < -0.3 is 0 Å². The molecular weight excluding hydrogens is 510 g/mol. The van der Waals surface area contributed by atoms with Gasteiger partial charge in [-0.3, -0.25) is 0 Å². The van der Waals surface area contributed by atoms with E-state index in [9.17, 15) is 0 Å². The van der Waals surface area contributed by atoms with Crippen LogP contribution in [0, 0.1) is 5.77 Å². The van der Waals surface area contributed by atoms with Crippen molar-refractivity contribution < 1.29 is 0 Å². The molecule has 0 N–H and O–H groups in total. The maximum absolute atomic E-state index is 2.42. The van der Waals surface area contributed by atoms with Gasteiger partial charge in [0.1, 0.15) is 0 Å². The summed E-state index contributed by atoms with van der Waals surface area (Å²) in [6, 6.07) is 9.06. The fourth-order valence-electron chi connectivity index (χ4n) is 2.30. The Bertz CT molecular complexity index is 541. The third-order valence-electron chi connectivity index (χ3n) is 3.11. The second kappa shape index (κ2) is 8.29. The highest BCUT2D eigenvalue weighted by atomic mass is 127. The third kappa shape index (κ3) is 4.30. The van der Waals surface area contributed by atoms with Crippen LogP contribution in [-0.4, -0.2) is 0 Å². The van der Waals surface area contributed by atoms with Gasteiger partial charge in [-0.05, 0) is 93.4 Å². The van der Waals surface area contributed by atoms with Gasteiger partial charge in [-0.25, -0.2) is 0 Å². The van der Waals surface area contributed by atoms with Gasteiger partial charge in [0.2, 0.25) is 0 Å². The van der Waals surface area contributed by atoms with E-state index in [0.717, 1.165) is 0 Å². The van der Waals surface area contributed by atoms with Gasteiger partial charge in [-0.1, -0.05) is 26.7 Å². The molecular formula is C16H18I2S2. The first kappa shape index (κ1) is 17.0. The van der Waals surface area contributed by atoms with Crippen molar-refractivity contribution in [1.82, 2.24) is 0 Å². The van der Waals surface area contributed by atoms with Gasteiger partial charge in [0.15, 0.2) is 0 Å². The molecule has 2 heterocycles. The Labute approximate surface area is 157 Å². The Morgan fingerprint density at radius 1 is 0.800 bits per heavy atom. The van der Waals surface area contributed by atoms with Gasteiger partial charge >= 0.3 is 0 Å². The standard InChI is InChI=1S/C16H18I2S2/c1-3-5-11(13-7-9-15(17)19-13)12(6-4-2)14-8-10-16(18)20-14/h7-10H,3-6H2,1-2H3. The molecule has 0 bridgehead atoms. The summed E-state index contributed by atoms with van der Waals surface area (Å²) in [5, 5.41) is 0. The minimum absolute atomic E-state index is 1.18. The molecule has 0 aliphatic rings. The average molecular weight is 528 g/mol. The zero-order chi connectivity index (χ0) is 14.5. The molecule has 0 atom stereocenters. The highest BCUT2D eigenvalue weighted by Gasteiger charge is 2.14. The molecule has 0 fully saturated rings. The van der Waals surface area contributed by atoms with Crippen molar-refractivity contribution >= 4 is 79.0 Å². The normalized spacial score (nSPS) is 12.6. The number of thiophene rings is 2. The lowest BCUT2D eigenvalue weighted by Crippen LogP contribution is -1.89. The second-order valence-electron chi connectivity index (χ2n) is 4.66. The lowest BCUT2D eigenvalue weighted by Gasteiger charge is -2.12. The quantitative estimate of drug-likeness (QED) is 0.340. The van der Waals surface area contributed by atoms with Crippen molar-refractivity contribution in [3.63, 3.8) is 0 Å². The lowest BCUT2D eigenvalue weighted by molar-refractivity contribution is 0.949. The van der Waals surface area contributed by atoms with Crippen LogP contribution in [0.15, 0.2) is 24.3 Å². The predicted molar refractivity (Wildman–Crippen MR) is 111 cm³/mol. The van der Waals surface area contributed by atoms with E-state index in [0.29, 0.717) is 0 Å². The summed E-state index contributed by atoms with van der Waals surface area (Å²) < 4.78 is 2.76. The first-order valence-electron chi connectivity index (χ1n) is 6.89. The summed E-state index contributed by atoms with van der Waals surface area (Å²) in [5.41, 5.74) is 3.14. The van der Waals surface area contributed by atoms with Gasteiger partial charge in [-0.2, -0.15) is 0 Å². The summed E-state index contributed by atoms with van der Waals surface area (Å²) in [4.78, 5) is 2.92. The Kier molecular flexibility index (Phi) is 7.03. The van der Waals surface area contributed by atoms with Crippen molar-refractivity contribution in [2.45, 2.75) is 39.5 Å². The number of hydrogen-bond acceptors (Lipinski definition) is 2. The molecule has 2 rings (SSSR count). The van der Waals surface area contributed by atoms with Crippen LogP contribution in [0.5, 0.6) is 0 Å². The molecule has 0 radical (unpaired) electrons. The molecule has 2 aromatic rings. The highest BCUT2D eigenvalue weighted by molar-refractivity contribution is 14.1. The van der Waals surface area contributed by atoms with Crippen molar-refractivity contribution in [2.24, 2.45) is 0 Å². The lowest BCUT2D eigenvalue weighted by atomic mass is 9.97. The van der Waals surface area contributed by atoms with Crippen LogP contribution < -0.4 is 0 Å². The number of allylic oxidation sites excluding steroid dienone is 2. The molecule has 0 saturated carbocycles. The van der Waals surface area contributed by atoms with Crippen LogP contribution in [-0.2, 0) is 0 Å². The van der Waals surface area contributed by atoms with E-state index < -0.39 is 0 Å². The molecule has 0 nitrogen and oxygen atoms in total. The SMILES string of the molecule is CCCC(=C(CCC)c1ccc(I)s1)c1ccc(I)s1. The minimum Gasteiger partial charge on any atom is -0.130 e. The zero-order valence-corrected chi connectivity index (χ0v) is 17.7. The van der Waals surface area contributed by atoms with Gasteiger partial charge in [0.25, 0.3) is 0 Å². The molecule has 0 aliphatic carbocycles. The molecule has 0 saturated heterocycles. The molecule has 2 aromatic heterocycles. The maximum Gasteiger partial charge on any atom is 0.0659 e. The molecule has 0 unspecified atom stereocenters. The Balaban J connectivity index is 2.52. The molecule has 0 aliphatic heterocycles. The smallest absolute Gasteiger partial charge is 0.0659 e. The first-order valence-corrected chi connectivity index (χ1v) is 10.7. The van der Waals surface area contributed by atoms with E-state index in [-0.39, 0.29) is 0 Å². The van der Waals surface area contributed by atoms with Gasteiger partial charge in [-0.15, -0.1) is 22.7 Å². The maximum atomic E-state index is 2.42. The number of hydrogen-bond donors (Lipinski definition) is 0. The van der Waals surface area contributed by atoms with Crippen LogP contribution >= 0.6 is 67.9 Å². The Morgan fingerprint density at radius 2 is 1.20 bits per heavy atom. The van der Waals surface area contributed by atoms with E-state index in [1.54, 1.807) is 11.1 Å². The number of rotatable bonds is 6. The molecule has 0 spiro atoms. The summed E-state index contributed by atoms with van der Waals surface area (Å²) in [6.07, 6.45) is 4.78. The molecule has 0 aromatic carbocycles. The Hall–Kier alpha value is 0.600. The topological polar surface area (TPSA) is 0 Å². The van der Waals surface area contributed by atoms with E-state index in [1.165, 1.54) is 41.2 Å². The molecule has 20 heavy (non-hydrogen) atoms. The van der Waals surface area contributed by atoms with Crippen LogP contribution in [0.3, 0.4) is 0 Å². The fourth-order valence-corrected chi connectivity index (χ4v) is 5.74. The predicted octanol–water partition coefficient (Wildman–Crippen LogP) is 7.53. The van der Waals surface area contributed by atoms with E-state index in [4.69, 9.17) is 0 Å². The summed E-state index contributed by atoms with van der Waals surface area (Å²) >= 11 is 8.69. The van der Waals surface area contributed by atoms with Gasteiger partial charge in [0.05, 0.1) is 5.77 Å². The summed E-state index contributed by atoms with van der Waals surface area (Å²) in [6.45, 7) is 4.56. The van der Waals surface area contributed by atoms with E-state index >= 15 is 0 Å². The minimum atomic E-state index is 1.18. The molecule has 108 valence electrons. The highest BCUT2D eigenvalue weighted by Crippen LogP contribution is 2.39. The van der Waals surface area contributed by atoms with Crippen LogP contribution in [0.4, 0.5) is 0 Å². The third-order valence-corrected chi connectivity index (χ3v) is 7.01. The summed E-state index contributed by atoms with van der Waals surface area (Å²) in [5.74, 6) is 0. The summed E-state index contributed by atoms with van der Waals surface area (Å²) in [7, 11) is 0. The Morgan fingerprint density at radius 3 is 1.45 bits per heavy atom. The van der Waals surface area contributed by atoms with Crippen LogP contribution in [0.1, 0.15) is 49.3 Å². The van der Waals surface area contributed by atoms with E-state index in [1.807, 2.05) is 22.7 Å². The van der Waals surface area contributed by atoms with Crippen LogP contribution in [0.2, 0.25) is 0 Å². The van der Waals surface area contributed by atoms with Crippen LogP contribution in [0.25, 0.3) is 11.1 Å². The largest absolute Gasteiger partial charge is 0.130 e. The van der Waals surface area contributed by atoms with E-state index in [2.05, 4.69) is 83.3 Å². The number of halogens is 2.